The van der Waals surface area contributed by atoms with E-state index in [1.54, 1.807) is 4.90 Å². The molecule has 4 heteroatoms. The minimum Gasteiger partial charge on any atom is -0.444 e. The highest BCUT2D eigenvalue weighted by atomic mass is 16.6. The number of likely N-dealkylation sites (tertiary alicyclic amines) is 1. The van der Waals surface area contributed by atoms with Crippen molar-refractivity contribution in [3.63, 3.8) is 0 Å². The summed E-state index contributed by atoms with van der Waals surface area (Å²) in [6, 6.07) is 0.183. The zero-order valence-corrected chi connectivity index (χ0v) is 11.0. The molecule has 0 radical (unpaired) electrons. The van der Waals surface area contributed by atoms with Crippen molar-refractivity contribution in [1.82, 2.24) is 4.90 Å². The Morgan fingerprint density at radius 1 is 1.44 bits per heavy atom. The summed E-state index contributed by atoms with van der Waals surface area (Å²) in [5.41, 5.74) is 5.58. The van der Waals surface area contributed by atoms with Gasteiger partial charge in [0.15, 0.2) is 0 Å². The van der Waals surface area contributed by atoms with E-state index >= 15 is 0 Å². The second-order valence-electron chi connectivity index (χ2n) is 5.86. The maximum atomic E-state index is 12.0. The maximum Gasteiger partial charge on any atom is 0.410 e. The highest BCUT2D eigenvalue weighted by Gasteiger charge is 2.38. The van der Waals surface area contributed by atoms with Crippen LogP contribution < -0.4 is 5.73 Å². The Balaban J connectivity index is 2.69. The number of carbonyl (C=O) groups is 1. The molecule has 1 amide bonds. The molecule has 1 heterocycles. The van der Waals surface area contributed by atoms with E-state index in [1.165, 1.54) is 0 Å². The van der Waals surface area contributed by atoms with Gasteiger partial charge < -0.3 is 15.4 Å². The van der Waals surface area contributed by atoms with E-state index < -0.39 is 5.60 Å². The lowest BCUT2D eigenvalue weighted by atomic mass is 9.98. The molecule has 2 atom stereocenters. The number of hydrogen-bond acceptors (Lipinski definition) is 3. The van der Waals surface area contributed by atoms with Crippen LogP contribution in [0.4, 0.5) is 4.79 Å². The van der Waals surface area contributed by atoms with Gasteiger partial charge >= 0.3 is 6.09 Å². The van der Waals surface area contributed by atoms with Crippen molar-refractivity contribution in [2.45, 2.75) is 58.7 Å². The molecule has 0 spiro atoms. The Hall–Kier alpha value is -0.770. The van der Waals surface area contributed by atoms with Crippen molar-refractivity contribution in [3.05, 3.63) is 0 Å². The predicted molar refractivity (Wildman–Crippen MR) is 64.2 cm³/mol. The Kier molecular flexibility index (Phi) is 3.84. The third-order valence-corrected chi connectivity index (χ3v) is 2.81. The van der Waals surface area contributed by atoms with E-state index in [4.69, 9.17) is 10.5 Å². The van der Waals surface area contributed by atoms with Gasteiger partial charge in [-0.05, 0) is 33.1 Å². The fourth-order valence-corrected chi connectivity index (χ4v) is 2.23. The lowest BCUT2D eigenvalue weighted by Gasteiger charge is -2.32. The lowest BCUT2D eigenvalue weighted by molar-refractivity contribution is 0.0182. The molecule has 0 aromatic carbocycles. The highest BCUT2D eigenvalue weighted by Crippen LogP contribution is 2.25. The van der Waals surface area contributed by atoms with Gasteiger partial charge in [-0.3, -0.25) is 0 Å². The summed E-state index contributed by atoms with van der Waals surface area (Å²) in [6.07, 6.45) is 0.626. The average molecular weight is 228 g/mol. The summed E-state index contributed by atoms with van der Waals surface area (Å²) >= 11 is 0. The van der Waals surface area contributed by atoms with E-state index in [0.717, 1.165) is 6.42 Å². The zero-order chi connectivity index (χ0) is 12.5. The molecular formula is C12H24N2O2. The van der Waals surface area contributed by atoms with Crippen LogP contribution in [0, 0.1) is 5.92 Å². The van der Waals surface area contributed by atoms with Gasteiger partial charge in [0.25, 0.3) is 0 Å². The smallest absolute Gasteiger partial charge is 0.410 e. The van der Waals surface area contributed by atoms with Gasteiger partial charge in [0.2, 0.25) is 0 Å². The SMILES string of the molecule is CC(C)[C@H]1[C@@H](N)CCN1C(=O)OC(C)(C)C. The molecular weight excluding hydrogens is 204 g/mol. The molecule has 0 saturated carbocycles. The molecule has 0 aromatic heterocycles. The number of nitrogens with two attached hydrogens (primary N) is 1. The molecule has 94 valence electrons. The Morgan fingerprint density at radius 2 is 2.00 bits per heavy atom. The molecule has 1 aliphatic heterocycles. The van der Waals surface area contributed by atoms with Crippen LogP contribution >= 0.6 is 0 Å². The summed E-state index contributed by atoms with van der Waals surface area (Å²) in [7, 11) is 0. The van der Waals surface area contributed by atoms with E-state index in [-0.39, 0.29) is 18.2 Å². The topological polar surface area (TPSA) is 55.6 Å². The fourth-order valence-electron chi connectivity index (χ4n) is 2.23. The first kappa shape index (κ1) is 13.3. The molecule has 1 fully saturated rings. The number of carbonyl (C=O) groups excluding carboxylic acids is 1. The van der Waals surface area contributed by atoms with Gasteiger partial charge in [-0.25, -0.2) is 4.79 Å². The van der Waals surface area contributed by atoms with Crippen LogP contribution in [0.25, 0.3) is 0 Å². The van der Waals surface area contributed by atoms with Crippen molar-refractivity contribution in [2.24, 2.45) is 11.7 Å². The van der Waals surface area contributed by atoms with Crippen molar-refractivity contribution >= 4 is 6.09 Å². The normalized spacial score (nSPS) is 26.3. The van der Waals surface area contributed by atoms with Gasteiger partial charge in [-0.1, -0.05) is 13.8 Å². The molecule has 1 aliphatic rings. The molecule has 0 aromatic rings. The minimum atomic E-state index is -0.439. The van der Waals surface area contributed by atoms with Gasteiger partial charge in [0, 0.05) is 12.6 Å². The highest BCUT2D eigenvalue weighted by molar-refractivity contribution is 5.69. The van der Waals surface area contributed by atoms with Gasteiger partial charge in [0.1, 0.15) is 5.60 Å². The zero-order valence-electron chi connectivity index (χ0n) is 11.0. The Morgan fingerprint density at radius 3 is 2.44 bits per heavy atom. The van der Waals surface area contributed by atoms with Crippen LogP contribution in [0.1, 0.15) is 41.0 Å². The van der Waals surface area contributed by atoms with Crippen LogP contribution in [0.3, 0.4) is 0 Å². The van der Waals surface area contributed by atoms with Crippen molar-refractivity contribution < 1.29 is 9.53 Å². The van der Waals surface area contributed by atoms with Crippen LogP contribution in [-0.2, 0) is 4.74 Å². The summed E-state index contributed by atoms with van der Waals surface area (Å²) < 4.78 is 5.38. The number of nitrogens with zero attached hydrogens (tertiary/aromatic N) is 1. The van der Waals surface area contributed by atoms with Crippen LogP contribution in [0.2, 0.25) is 0 Å². The lowest BCUT2D eigenvalue weighted by Crippen LogP contribution is -2.47. The van der Waals surface area contributed by atoms with E-state index in [2.05, 4.69) is 13.8 Å². The van der Waals surface area contributed by atoms with Crippen LogP contribution in [0.15, 0.2) is 0 Å². The summed E-state index contributed by atoms with van der Waals surface area (Å²) in [4.78, 5) is 13.7. The monoisotopic (exact) mass is 228 g/mol. The van der Waals surface area contributed by atoms with Gasteiger partial charge in [-0.15, -0.1) is 0 Å². The Bertz CT molecular complexity index is 258. The first-order valence-electron chi connectivity index (χ1n) is 5.97. The fraction of sp³-hybridized carbons (Fsp3) is 0.917. The second-order valence-corrected chi connectivity index (χ2v) is 5.86. The number of rotatable bonds is 1. The summed E-state index contributed by atoms with van der Waals surface area (Å²) in [6.45, 7) is 10.5. The van der Waals surface area contributed by atoms with E-state index in [1.807, 2.05) is 20.8 Å². The molecule has 0 unspecified atom stereocenters. The molecule has 16 heavy (non-hydrogen) atoms. The number of hydrogen-bond donors (Lipinski definition) is 1. The molecule has 2 N–H and O–H groups in total. The third kappa shape index (κ3) is 3.11. The second kappa shape index (κ2) is 4.62. The molecule has 0 aliphatic carbocycles. The number of amides is 1. The standard InChI is InChI=1S/C12H24N2O2/c1-8(2)10-9(13)6-7-14(10)11(15)16-12(3,4)5/h8-10H,6-7,13H2,1-5H3/t9-,10-/m0/s1. The summed E-state index contributed by atoms with van der Waals surface area (Å²) in [5, 5.41) is 0. The van der Waals surface area contributed by atoms with Crippen molar-refractivity contribution in [3.8, 4) is 0 Å². The molecule has 1 rings (SSSR count). The first-order chi connectivity index (χ1) is 7.22. The minimum absolute atomic E-state index is 0.0764. The predicted octanol–water partition coefficient (Wildman–Crippen LogP) is 1.98. The summed E-state index contributed by atoms with van der Waals surface area (Å²) in [5.74, 6) is 0.366. The third-order valence-electron chi connectivity index (χ3n) is 2.81. The van der Waals surface area contributed by atoms with E-state index in [0.29, 0.717) is 12.5 Å². The average Bonchev–Trinajstić information content (AvgIpc) is 2.43. The van der Waals surface area contributed by atoms with E-state index in [9.17, 15) is 4.79 Å². The maximum absolute atomic E-state index is 12.0. The molecule has 4 nitrogen and oxygen atoms in total. The largest absolute Gasteiger partial charge is 0.444 e. The number of ether oxygens (including phenoxy) is 1. The first-order valence-corrected chi connectivity index (χ1v) is 5.97. The molecule has 0 bridgehead atoms. The quantitative estimate of drug-likeness (QED) is 0.746. The van der Waals surface area contributed by atoms with Crippen LogP contribution in [0.5, 0.6) is 0 Å². The van der Waals surface area contributed by atoms with Crippen molar-refractivity contribution in [1.29, 1.82) is 0 Å². The van der Waals surface area contributed by atoms with Gasteiger partial charge in [-0.2, -0.15) is 0 Å². The molecule has 1 saturated heterocycles. The Labute approximate surface area is 98.1 Å². The van der Waals surface area contributed by atoms with Crippen LogP contribution in [-0.4, -0.2) is 35.2 Å². The van der Waals surface area contributed by atoms with Crippen molar-refractivity contribution in [2.75, 3.05) is 6.54 Å². The van der Waals surface area contributed by atoms with Gasteiger partial charge in [0.05, 0.1) is 6.04 Å².